The number of rotatable bonds is 6. The SMILES string of the molecule is CCc1ccsc1CNC(=O)CNC1CC1. The van der Waals surface area contributed by atoms with Crippen LogP contribution in [0.3, 0.4) is 0 Å². The molecule has 0 spiro atoms. The molecule has 2 N–H and O–H groups in total. The monoisotopic (exact) mass is 238 g/mol. The van der Waals surface area contributed by atoms with Crippen LogP contribution in [0.5, 0.6) is 0 Å². The standard InChI is InChI=1S/C12H18N2OS/c1-2-9-5-6-16-11(9)7-14-12(15)8-13-10-3-4-10/h5-6,10,13H,2-4,7-8H2,1H3,(H,14,15). The Bertz CT molecular complexity index is 358. The third-order valence-corrected chi connectivity index (χ3v) is 3.76. The first-order valence-electron chi connectivity index (χ1n) is 5.85. The molecule has 0 aromatic carbocycles. The minimum absolute atomic E-state index is 0.0994. The van der Waals surface area contributed by atoms with Gasteiger partial charge in [0.1, 0.15) is 0 Å². The fourth-order valence-corrected chi connectivity index (χ4v) is 2.52. The Labute approximate surface area is 100 Å². The van der Waals surface area contributed by atoms with E-state index >= 15 is 0 Å². The number of amides is 1. The van der Waals surface area contributed by atoms with Gasteiger partial charge < -0.3 is 10.6 Å². The Kier molecular flexibility index (Phi) is 3.96. The first-order valence-corrected chi connectivity index (χ1v) is 6.73. The zero-order chi connectivity index (χ0) is 11.4. The molecule has 3 nitrogen and oxygen atoms in total. The summed E-state index contributed by atoms with van der Waals surface area (Å²) in [5.41, 5.74) is 1.35. The lowest BCUT2D eigenvalue weighted by molar-refractivity contribution is -0.120. The molecule has 0 unspecified atom stereocenters. The van der Waals surface area contributed by atoms with Gasteiger partial charge in [-0.15, -0.1) is 11.3 Å². The third kappa shape index (κ3) is 3.32. The summed E-state index contributed by atoms with van der Waals surface area (Å²) >= 11 is 1.72. The average Bonchev–Trinajstić information content (AvgIpc) is 3.01. The van der Waals surface area contributed by atoms with E-state index in [1.54, 1.807) is 11.3 Å². The number of hydrogen-bond acceptors (Lipinski definition) is 3. The molecule has 1 saturated carbocycles. The predicted octanol–water partition coefficient (Wildman–Crippen LogP) is 1.68. The van der Waals surface area contributed by atoms with Crippen molar-refractivity contribution in [1.29, 1.82) is 0 Å². The Morgan fingerprint density at radius 2 is 2.38 bits per heavy atom. The molecular weight excluding hydrogens is 220 g/mol. The topological polar surface area (TPSA) is 41.1 Å². The number of nitrogens with one attached hydrogen (secondary N) is 2. The van der Waals surface area contributed by atoms with Crippen LogP contribution in [-0.2, 0) is 17.8 Å². The number of hydrogen-bond donors (Lipinski definition) is 2. The van der Waals surface area contributed by atoms with E-state index in [1.807, 2.05) is 0 Å². The van der Waals surface area contributed by atoms with Crippen molar-refractivity contribution in [3.05, 3.63) is 21.9 Å². The second kappa shape index (κ2) is 5.46. The van der Waals surface area contributed by atoms with Crippen LogP contribution in [0.1, 0.15) is 30.2 Å². The third-order valence-electron chi connectivity index (χ3n) is 2.79. The maximum atomic E-state index is 11.5. The maximum Gasteiger partial charge on any atom is 0.234 e. The smallest absolute Gasteiger partial charge is 0.234 e. The van der Waals surface area contributed by atoms with Crippen molar-refractivity contribution < 1.29 is 4.79 Å². The van der Waals surface area contributed by atoms with E-state index in [4.69, 9.17) is 0 Å². The second-order valence-corrected chi connectivity index (χ2v) is 5.16. The van der Waals surface area contributed by atoms with Crippen LogP contribution in [0.15, 0.2) is 11.4 Å². The van der Waals surface area contributed by atoms with Gasteiger partial charge in [0.15, 0.2) is 0 Å². The van der Waals surface area contributed by atoms with Crippen LogP contribution in [0, 0.1) is 0 Å². The van der Waals surface area contributed by atoms with Gasteiger partial charge in [0, 0.05) is 10.9 Å². The van der Waals surface area contributed by atoms with E-state index in [0.29, 0.717) is 19.1 Å². The summed E-state index contributed by atoms with van der Waals surface area (Å²) < 4.78 is 0. The van der Waals surface area contributed by atoms with Crippen molar-refractivity contribution in [3.63, 3.8) is 0 Å². The van der Waals surface area contributed by atoms with Gasteiger partial charge in [-0.2, -0.15) is 0 Å². The van der Waals surface area contributed by atoms with Gasteiger partial charge in [-0.05, 0) is 36.3 Å². The molecule has 0 atom stereocenters. The van der Waals surface area contributed by atoms with Gasteiger partial charge >= 0.3 is 0 Å². The Morgan fingerprint density at radius 1 is 1.56 bits per heavy atom. The summed E-state index contributed by atoms with van der Waals surface area (Å²) in [7, 11) is 0. The minimum Gasteiger partial charge on any atom is -0.350 e. The van der Waals surface area contributed by atoms with Gasteiger partial charge in [0.2, 0.25) is 5.91 Å². The quantitative estimate of drug-likeness (QED) is 0.791. The van der Waals surface area contributed by atoms with Crippen molar-refractivity contribution in [3.8, 4) is 0 Å². The van der Waals surface area contributed by atoms with Crippen LogP contribution in [-0.4, -0.2) is 18.5 Å². The molecule has 2 rings (SSSR count). The molecule has 0 bridgehead atoms. The first-order chi connectivity index (χ1) is 7.79. The highest BCUT2D eigenvalue weighted by atomic mass is 32.1. The highest BCUT2D eigenvalue weighted by Crippen LogP contribution is 2.18. The summed E-state index contributed by atoms with van der Waals surface area (Å²) in [6.45, 7) is 3.27. The van der Waals surface area contributed by atoms with Crippen molar-refractivity contribution >= 4 is 17.2 Å². The maximum absolute atomic E-state index is 11.5. The molecule has 0 saturated heterocycles. The molecular formula is C12H18N2OS. The lowest BCUT2D eigenvalue weighted by Crippen LogP contribution is -2.34. The van der Waals surface area contributed by atoms with E-state index < -0.39 is 0 Å². The summed E-state index contributed by atoms with van der Waals surface area (Å²) in [4.78, 5) is 12.8. The van der Waals surface area contributed by atoms with Crippen LogP contribution in [0.4, 0.5) is 0 Å². The normalized spacial score (nSPS) is 15.1. The summed E-state index contributed by atoms with van der Waals surface area (Å²) in [5.74, 6) is 0.0994. The van der Waals surface area contributed by atoms with Gasteiger partial charge in [-0.1, -0.05) is 6.92 Å². The van der Waals surface area contributed by atoms with Gasteiger partial charge in [0.25, 0.3) is 0 Å². The number of carbonyl (C=O) groups is 1. The molecule has 1 fully saturated rings. The fourth-order valence-electron chi connectivity index (χ4n) is 1.60. The fraction of sp³-hybridized carbons (Fsp3) is 0.583. The molecule has 0 radical (unpaired) electrons. The summed E-state index contributed by atoms with van der Waals surface area (Å²) in [5, 5.41) is 8.24. The van der Waals surface area contributed by atoms with E-state index in [0.717, 1.165) is 6.42 Å². The molecule has 1 aliphatic rings. The average molecular weight is 238 g/mol. The Morgan fingerprint density at radius 3 is 3.06 bits per heavy atom. The zero-order valence-corrected chi connectivity index (χ0v) is 10.4. The zero-order valence-electron chi connectivity index (χ0n) is 9.58. The Hall–Kier alpha value is -0.870. The second-order valence-electron chi connectivity index (χ2n) is 4.15. The lowest BCUT2D eigenvalue weighted by Gasteiger charge is -2.06. The predicted molar refractivity (Wildman–Crippen MR) is 66.6 cm³/mol. The molecule has 1 aliphatic carbocycles. The minimum atomic E-state index is 0.0994. The Balaban J connectivity index is 1.71. The summed E-state index contributed by atoms with van der Waals surface area (Å²) in [6.07, 6.45) is 3.48. The highest BCUT2D eigenvalue weighted by Gasteiger charge is 2.20. The molecule has 1 amide bonds. The van der Waals surface area contributed by atoms with Crippen LogP contribution in [0.25, 0.3) is 0 Å². The molecule has 88 valence electrons. The molecule has 1 heterocycles. The largest absolute Gasteiger partial charge is 0.350 e. The van der Waals surface area contributed by atoms with E-state index in [2.05, 4.69) is 29.0 Å². The number of carbonyl (C=O) groups excluding carboxylic acids is 1. The molecule has 4 heteroatoms. The molecule has 1 aromatic rings. The number of aryl methyl sites for hydroxylation is 1. The van der Waals surface area contributed by atoms with Gasteiger partial charge in [-0.25, -0.2) is 0 Å². The summed E-state index contributed by atoms with van der Waals surface area (Å²) in [6, 6.07) is 2.73. The van der Waals surface area contributed by atoms with Crippen LogP contribution < -0.4 is 10.6 Å². The molecule has 16 heavy (non-hydrogen) atoms. The van der Waals surface area contributed by atoms with Gasteiger partial charge in [0.05, 0.1) is 13.1 Å². The van der Waals surface area contributed by atoms with E-state index in [9.17, 15) is 4.79 Å². The van der Waals surface area contributed by atoms with Crippen molar-refractivity contribution in [2.45, 2.75) is 38.8 Å². The van der Waals surface area contributed by atoms with E-state index in [1.165, 1.54) is 23.3 Å². The van der Waals surface area contributed by atoms with Gasteiger partial charge in [-0.3, -0.25) is 4.79 Å². The van der Waals surface area contributed by atoms with Crippen LogP contribution in [0.2, 0.25) is 0 Å². The van der Waals surface area contributed by atoms with Crippen molar-refractivity contribution in [2.75, 3.05) is 6.54 Å². The first kappa shape index (κ1) is 11.6. The van der Waals surface area contributed by atoms with Crippen molar-refractivity contribution in [2.24, 2.45) is 0 Å². The molecule has 1 aromatic heterocycles. The number of thiophene rings is 1. The van der Waals surface area contributed by atoms with Crippen molar-refractivity contribution in [1.82, 2.24) is 10.6 Å². The van der Waals surface area contributed by atoms with E-state index in [-0.39, 0.29) is 5.91 Å². The molecule has 0 aliphatic heterocycles. The lowest BCUT2D eigenvalue weighted by atomic mass is 10.2. The highest BCUT2D eigenvalue weighted by molar-refractivity contribution is 7.10. The van der Waals surface area contributed by atoms with Crippen LogP contribution >= 0.6 is 11.3 Å².